The molecule has 4 amide bonds. The highest BCUT2D eigenvalue weighted by atomic mass is 32.2. The summed E-state index contributed by atoms with van der Waals surface area (Å²) in [6.07, 6.45) is 6.57. The highest BCUT2D eigenvalue weighted by Crippen LogP contribution is 2.46. The molecule has 340 valence electrons. The van der Waals surface area contributed by atoms with Crippen molar-refractivity contribution in [2.75, 3.05) is 36.1 Å². The predicted octanol–water partition coefficient (Wildman–Crippen LogP) is 6.73. The van der Waals surface area contributed by atoms with Crippen molar-refractivity contribution in [2.45, 2.75) is 87.9 Å². The van der Waals surface area contributed by atoms with Crippen LogP contribution in [-0.4, -0.2) is 90.8 Å². The Labute approximate surface area is 381 Å². The quantitative estimate of drug-likeness (QED) is 0.0924. The van der Waals surface area contributed by atoms with Crippen molar-refractivity contribution in [1.82, 2.24) is 24.9 Å². The van der Waals surface area contributed by atoms with Gasteiger partial charge in [0.15, 0.2) is 5.13 Å². The lowest BCUT2D eigenvalue weighted by molar-refractivity contribution is -0.131. The molecule has 0 radical (unpaired) electrons. The van der Waals surface area contributed by atoms with E-state index in [0.29, 0.717) is 46.0 Å². The van der Waals surface area contributed by atoms with E-state index in [-0.39, 0.29) is 47.5 Å². The molecule has 5 aromatic rings. The lowest BCUT2D eigenvalue weighted by Gasteiger charge is -2.27. The third-order valence-corrected chi connectivity index (χ3v) is 13.8. The molecule has 16 nitrogen and oxygen atoms in total. The first kappa shape index (κ1) is 45.1. The Balaban J connectivity index is 1.14. The van der Waals surface area contributed by atoms with Crippen molar-refractivity contribution in [3.05, 3.63) is 95.9 Å². The molecule has 4 atom stereocenters. The number of nitrogens with zero attached hydrogens (tertiary/aromatic N) is 3. The molecule has 65 heavy (non-hydrogen) atoms. The summed E-state index contributed by atoms with van der Waals surface area (Å²) in [5, 5.41) is 15.4. The molecule has 3 aliphatic rings. The van der Waals surface area contributed by atoms with Crippen LogP contribution in [0.25, 0.3) is 22.3 Å². The number of carbonyl (C=O) groups excluding carboxylic acids is 4. The van der Waals surface area contributed by atoms with Crippen molar-refractivity contribution < 1.29 is 37.1 Å². The summed E-state index contributed by atoms with van der Waals surface area (Å²) in [7, 11) is -2.83. The number of pyridine rings is 1. The Morgan fingerprint density at radius 3 is 2.58 bits per heavy atom. The van der Waals surface area contributed by atoms with Crippen LogP contribution in [0, 0.1) is 5.92 Å². The summed E-state index contributed by atoms with van der Waals surface area (Å²) in [5.41, 5.74) is 0.872. The minimum absolute atomic E-state index is 0.00386. The predicted molar refractivity (Wildman–Crippen MR) is 250 cm³/mol. The minimum atomic E-state index is -4.39. The van der Waals surface area contributed by atoms with E-state index in [4.69, 9.17) is 19.4 Å². The fourth-order valence-electron chi connectivity index (χ4n) is 8.34. The Morgan fingerprint density at radius 2 is 1.78 bits per heavy atom. The first-order valence-electron chi connectivity index (χ1n) is 21.7. The van der Waals surface area contributed by atoms with E-state index >= 15 is 0 Å². The molecule has 1 aliphatic carbocycles. The van der Waals surface area contributed by atoms with E-state index in [2.05, 4.69) is 26.0 Å². The van der Waals surface area contributed by atoms with Gasteiger partial charge in [-0.15, -0.1) is 11.3 Å². The largest absolute Gasteiger partial charge is 0.497 e. The Bertz CT molecular complexity index is 2780. The van der Waals surface area contributed by atoms with Gasteiger partial charge < -0.3 is 35.6 Å². The SMILES string of the molecule is COc1ccc2c(O[C@@H]3C[C@@H](C(=O)N[C@]45CC4/C=C\CCCCCNc4ccccc4S(=O)(=O)NC5=O)N(C(=O)c4ccccc4NC(C)=O)C3)cc(-c3csc(NC(C)C)n3)nc2c1. The molecule has 5 N–H and O–H groups in total. The number of thiazole rings is 1. The summed E-state index contributed by atoms with van der Waals surface area (Å²) in [5.74, 6) is -1.99. The molecule has 4 heterocycles. The number of methoxy groups -OCH3 is 1. The maximum absolute atomic E-state index is 14.8. The molecule has 2 fully saturated rings. The van der Waals surface area contributed by atoms with Gasteiger partial charge in [-0.25, -0.2) is 23.1 Å². The molecular formula is C47H52N8O8S2. The molecule has 18 heteroatoms. The van der Waals surface area contributed by atoms with Gasteiger partial charge in [0, 0.05) is 54.7 Å². The zero-order chi connectivity index (χ0) is 45.9. The molecule has 3 aromatic carbocycles. The van der Waals surface area contributed by atoms with Crippen LogP contribution in [0.5, 0.6) is 11.5 Å². The van der Waals surface area contributed by atoms with Crippen LogP contribution in [0.15, 0.2) is 95.2 Å². The van der Waals surface area contributed by atoms with Gasteiger partial charge in [-0.2, -0.15) is 0 Å². The number of likely N-dealkylation sites (tertiary alicyclic amines) is 1. The van der Waals surface area contributed by atoms with Crippen LogP contribution in [0.4, 0.5) is 16.5 Å². The van der Waals surface area contributed by atoms with Gasteiger partial charge in [0.1, 0.15) is 39.8 Å². The Kier molecular flexibility index (Phi) is 13.1. The van der Waals surface area contributed by atoms with E-state index in [1.54, 1.807) is 67.8 Å². The fraction of sp³-hybridized carbons (Fsp3) is 0.362. The smallest absolute Gasteiger partial charge is 0.266 e. The monoisotopic (exact) mass is 920 g/mol. The third kappa shape index (κ3) is 9.93. The van der Waals surface area contributed by atoms with E-state index < -0.39 is 51.3 Å². The van der Waals surface area contributed by atoms with Gasteiger partial charge in [0.25, 0.3) is 21.8 Å². The summed E-state index contributed by atoms with van der Waals surface area (Å²) < 4.78 is 42.3. The number of sulfonamides is 1. The lowest BCUT2D eigenvalue weighted by atomic mass is 10.1. The van der Waals surface area contributed by atoms with Crippen molar-refractivity contribution in [2.24, 2.45) is 5.92 Å². The molecule has 1 saturated heterocycles. The number of benzene rings is 3. The molecular weight excluding hydrogens is 869 g/mol. The maximum Gasteiger partial charge on any atom is 0.266 e. The zero-order valence-corrected chi connectivity index (χ0v) is 38.2. The molecule has 1 saturated carbocycles. The number of nitrogens with one attached hydrogen (secondary N) is 5. The second kappa shape index (κ2) is 18.9. The van der Waals surface area contributed by atoms with Crippen LogP contribution >= 0.6 is 11.3 Å². The fourth-order valence-corrected chi connectivity index (χ4v) is 10.4. The van der Waals surface area contributed by atoms with Crippen LogP contribution in [0.2, 0.25) is 0 Å². The lowest BCUT2D eigenvalue weighted by Crippen LogP contribution is -2.56. The van der Waals surface area contributed by atoms with Crippen LogP contribution in [0.1, 0.15) is 69.7 Å². The van der Waals surface area contributed by atoms with E-state index in [1.807, 2.05) is 37.4 Å². The average Bonchev–Trinajstić information content (AvgIpc) is 3.53. The summed E-state index contributed by atoms with van der Waals surface area (Å²) in [6, 6.07) is 19.1. The van der Waals surface area contributed by atoms with E-state index in [0.717, 1.165) is 30.8 Å². The number of amides is 4. The van der Waals surface area contributed by atoms with Gasteiger partial charge in [-0.3, -0.25) is 19.2 Å². The number of hydrogen-bond donors (Lipinski definition) is 5. The van der Waals surface area contributed by atoms with Gasteiger partial charge in [-0.1, -0.05) is 42.8 Å². The first-order chi connectivity index (χ1) is 31.2. The number of rotatable bonds is 10. The molecule has 1 unspecified atom stereocenters. The molecule has 0 bridgehead atoms. The minimum Gasteiger partial charge on any atom is -0.497 e. The standard InChI is InChI=1S/C47H52N8O8S2/c1-28(2)49-46-52-39(27-64-46)38-24-41(33-20-19-31(62-4)22-37(33)51-38)63-32-23-40(55(26-32)44(58)34-15-9-10-16-35(34)50-29(3)56)43(57)53-47-25-30(47)14-8-6-5-7-13-21-48-36-17-11-12-18-42(36)65(60,61)54-45(47)59/h8-12,14-20,22,24,27-28,30,32,40,48H,5-7,13,21,23,25-26H2,1-4H3,(H,49,52)(H,50,56)(H,53,57)(H,54,59)/b14-8-/t30?,32-,40+,47-/m1/s1. The van der Waals surface area contributed by atoms with E-state index in [9.17, 15) is 27.6 Å². The van der Waals surface area contributed by atoms with Crippen LogP contribution in [0.3, 0.4) is 0 Å². The number of allylic oxidation sites excluding steroid dienone is 1. The van der Waals surface area contributed by atoms with Gasteiger partial charge in [-0.05, 0) is 75.9 Å². The second-order valence-electron chi connectivity index (χ2n) is 16.8. The summed E-state index contributed by atoms with van der Waals surface area (Å²) in [4.78, 5) is 67.0. The zero-order valence-electron chi connectivity index (χ0n) is 36.6. The molecule has 8 rings (SSSR count). The highest BCUT2D eigenvalue weighted by Gasteiger charge is 2.61. The topological polar surface area (TPSA) is 210 Å². The number of anilines is 3. The average molecular weight is 921 g/mol. The number of hydrogen-bond acceptors (Lipinski definition) is 13. The molecule has 2 aliphatic heterocycles. The second-order valence-corrected chi connectivity index (χ2v) is 19.3. The van der Waals surface area contributed by atoms with Crippen molar-refractivity contribution in [3.63, 3.8) is 0 Å². The number of fused-ring (bicyclic) bond motifs is 3. The van der Waals surface area contributed by atoms with Gasteiger partial charge >= 0.3 is 0 Å². The molecule has 2 aromatic heterocycles. The number of ether oxygens (including phenoxy) is 2. The highest BCUT2D eigenvalue weighted by molar-refractivity contribution is 7.90. The van der Waals surface area contributed by atoms with Crippen LogP contribution < -0.4 is 35.5 Å². The number of carbonyl (C=O) groups is 4. The number of aromatic nitrogens is 2. The summed E-state index contributed by atoms with van der Waals surface area (Å²) in [6.45, 7) is 5.88. The van der Waals surface area contributed by atoms with Crippen molar-refractivity contribution in [3.8, 4) is 22.9 Å². The van der Waals surface area contributed by atoms with Gasteiger partial charge in [0.2, 0.25) is 11.8 Å². The molecule has 0 spiro atoms. The maximum atomic E-state index is 14.8. The van der Waals surface area contributed by atoms with E-state index in [1.165, 1.54) is 29.2 Å². The Hall–Kier alpha value is -6.53. The van der Waals surface area contributed by atoms with Gasteiger partial charge in [0.05, 0.1) is 41.8 Å². The van der Waals surface area contributed by atoms with Crippen LogP contribution in [-0.2, 0) is 24.4 Å². The first-order valence-corrected chi connectivity index (χ1v) is 24.0. The number of para-hydroxylation sites is 2. The Morgan fingerprint density at radius 1 is 0.985 bits per heavy atom. The summed E-state index contributed by atoms with van der Waals surface area (Å²) >= 11 is 1.45. The van der Waals surface area contributed by atoms with Crippen molar-refractivity contribution in [1.29, 1.82) is 0 Å². The van der Waals surface area contributed by atoms with Crippen molar-refractivity contribution >= 4 is 72.4 Å². The normalized spacial score (nSPS) is 22.2. The third-order valence-electron chi connectivity index (χ3n) is 11.6.